The van der Waals surface area contributed by atoms with Crippen molar-refractivity contribution in [2.75, 3.05) is 36.0 Å². The number of hydrogen-bond donors (Lipinski definition) is 4. The Morgan fingerprint density at radius 1 is 0.917 bits per heavy atom. The van der Waals surface area contributed by atoms with E-state index >= 15 is 0 Å². The Morgan fingerprint density at radius 3 is 2.22 bits per heavy atom. The third-order valence-electron chi connectivity index (χ3n) is 7.45. The summed E-state index contributed by atoms with van der Waals surface area (Å²) < 4.78 is 5.53. The second-order valence-corrected chi connectivity index (χ2v) is 15.6. The number of nitrogens with two attached hydrogens (primary N) is 1. The number of nitrogens with zero attached hydrogens (tertiary/aromatic N) is 4. The second-order valence-electron chi connectivity index (χ2n) is 12.7. The molecule has 0 radical (unpaired) electrons. The molecule has 0 unspecified atom stereocenters. The highest BCUT2D eigenvalue weighted by molar-refractivity contribution is 8.00. The van der Waals surface area contributed by atoms with Crippen molar-refractivity contribution in [3.05, 3.63) is 181 Å². The molecule has 0 saturated heterocycles. The van der Waals surface area contributed by atoms with E-state index in [1.54, 1.807) is 43.3 Å². The highest BCUT2D eigenvalue weighted by Gasteiger charge is 2.16. The van der Waals surface area contributed by atoms with Crippen molar-refractivity contribution in [2.45, 2.75) is 30.6 Å². The average molecular weight is 880 g/mol. The van der Waals surface area contributed by atoms with Crippen LogP contribution in [0.1, 0.15) is 20.8 Å². The Hall–Kier alpha value is -5.69. The van der Waals surface area contributed by atoms with Crippen LogP contribution in [0.3, 0.4) is 0 Å². The number of aromatic nitrogens is 3. The van der Waals surface area contributed by atoms with Gasteiger partial charge in [0, 0.05) is 67.9 Å². The highest BCUT2D eigenvalue weighted by Crippen LogP contribution is 2.37. The molecule has 0 aliphatic carbocycles. The largest absolute Gasteiger partial charge is 0.404 e. The molecule has 0 fully saturated rings. The summed E-state index contributed by atoms with van der Waals surface area (Å²) >= 11 is 15.0. The number of carbonyl (C=O) groups is 1. The normalized spacial score (nSPS) is 10.8. The topological polar surface area (TPSA) is 113 Å². The minimum absolute atomic E-state index is 0.153. The summed E-state index contributed by atoms with van der Waals surface area (Å²) in [5.74, 6) is 0.288. The molecule has 0 saturated carbocycles. The van der Waals surface area contributed by atoms with E-state index in [1.165, 1.54) is 18.1 Å². The fraction of sp³-hybridized carbons (Fsp3) is 0.128. The first-order valence-electron chi connectivity index (χ1n) is 18.7. The van der Waals surface area contributed by atoms with Crippen LogP contribution in [0.4, 0.5) is 23.0 Å². The Bertz CT molecular complexity index is 2340. The van der Waals surface area contributed by atoms with Crippen molar-refractivity contribution >= 4 is 86.9 Å². The van der Waals surface area contributed by atoms with Gasteiger partial charge in [0.2, 0.25) is 11.9 Å². The molecule has 2 aromatic heterocycles. The van der Waals surface area contributed by atoms with Crippen LogP contribution in [-0.2, 0) is 4.79 Å². The Kier molecular flexibility index (Phi) is 22.0. The fourth-order valence-corrected chi connectivity index (χ4v) is 6.58. The van der Waals surface area contributed by atoms with Gasteiger partial charge < -0.3 is 26.0 Å². The van der Waals surface area contributed by atoms with Crippen LogP contribution in [0.5, 0.6) is 0 Å². The van der Waals surface area contributed by atoms with E-state index in [-0.39, 0.29) is 5.91 Å². The predicted molar refractivity (Wildman–Crippen MR) is 262 cm³/mol. The molecule has 4 aromatic carbocycles. The summed E-state index contributed by atoms with van der Waals surface area (Å²) in [6, 6.07) is 34.0. The molecular formula is C47H52Cl2N8OS2. The number of nitrogens with one attached hydrogen (secondary N) is 3. The number of hydrogen-bond acceptors (Lipinski definition) is 9. The smallest absolute Gasteiger partial charge is 0.248 e. The average Bonchev–Trinajstić information content (AvgIpc) is 3.60. The first-order chi connectivity index (χ1) is 29.0. The third-order valence-corrected chi connectivity index (χ3v) is 9.68. The van der Waals surface area contributed by atoms with E-state index in [2.05, 4.69) is 67.9 Å². The van der Waals surface area contributed by atoms with Gasteiger partial charge in [0.05, 0.1) is 22.4 Å². The summed E-state index contributed by atoms with van der Waals surface area (Å²) in [5, 5.41) is 8.37. The number of rotatable bonds is 13. The minimum Gasteiger partial charge on any atom is -0.404 e. The van der Waals surface area contributed by atoms with E-state index < -0.39 is 0 Å². The van der Waals surface area contributed by atoms with Crippen LogP contribution in [0.15, 0.2) is 186 Å². The maximum absolute atomic E-state index is 12.1. The Labute approximate surface area is 373 Å². The van der Waals surface area contributed by atoms with Gasteiger partial charge in [-0.25, -0.2) is 9.97 Å². The monoisotopic (exact) mass is 878 g/mol. The number of para-hydroxylation sites is 1. The minimum atomic E-state index is -0.153. The molecule has 13 heteroatoms. The van der Waals surface area contributed by atoms with Gasteiger partial charge in [-0.1, -0.05) is 103 Å². The molecule has 1 amide bonds. The van der Waals surface area contributed by atoms with E-state index in [9.17, 15) is 4.79 Å². The maximum atomic E-state index is 12.1. The van der Waals surface area contributed by atoms with Gasteiger partial charge in [-0.2, -0.15) is 0 Å². The number of anilines is 4. The lowest BCUT2D eigenvalue weighted by atomic mass is 10.1. The molecule has 6 rings (SSSR count). The van der Waals surface area contributed by atoms with Crippen LogP contribution in [0.25, 0.3) is 22.2 Å². The number of halogens is 2. The third kappa shape index (κ3) is 17.3. The second kappa shape index (κ2) is 27.1. The van der Waals surface area contributed by atoms with Crippen LogP contribution in [0, 0.1) is 0 Å². The zero-order valence-electron chi connectivity index (χ0n) is 34.5. The molecular weight excluding hydrogens is 828 g/mol. The number of likely N-dealkylation sites (N-methyl/N-ethyl adjacent to an activating group) is 1. The summed E-state index contributed by atoms with van der Waals surface area (Å²) in [6.45, 7) is 13.1. The van der Waals surface area contributed by atoms with Gasteiger partial charge in [-0.15, -0.1) is 6.58 Å². The lowest BCUT2D eigenvalue weighted by Crippen LogP contribution is -2.12. The maximum Gasteiger partial charge on any atom is 0.248 e. The summed E-state index contributed by atoms with van der Waals surface area (Å²) in [4.78, 5) is 25.5. The zero-order chi connectivity index (χ0) is 43.7. The van der Waals surface area contributed by atoms with Gasteiger partial charge in [0.1, 0.15) is 0 Å². The van der Waals surface area contributed by atoms with Crippen molar-refractivity contribution in [1.82, 2.24) is 18.8 Å². The van der Waals surface area contributed by atoms with E-state index in [0.717, 1.165) is 43.3 Å². The summed E-state index contributed by atoms with van der Waals surface area (Å²) in [5.41, 5.74) is 10.00. The standard InChI is InChI=1S/C36H32ClN7OS2.C5H8.C3H6ClN.C3H6/c1-43(2)21-9-16-34(45)39-25-17-19-28(20-18-25)46-42-27-11-8-10-26(22-27)40-36-38-23-32(37)35(41-36)31-24-44(33-15-7-6-14-30(31)33)47-29-12-4-3-5-13-29;1-3-5-4-2;1-3(4)2-5;1-3-2/h3-20,22-24,42H,21H2,1-2H3,(H,39,45)(H,38,40,41);3-5H,1H2,2H3;2H,5H2,1H3;3H,1H2,2H3/b16-9+;5-4-;3-2+;. The van der Waals surface area contributed by atoms with Crippen molar-refractivity contribution < 1.29 is 4.79 Å². The highest BCUT2D eigenvalue weighted by atomic mass is 35.5. The van der Waals surface area contributed by atoms with Crippen molar-refractivity contribution in [3.63, 3.8) is 0 Å². The van der Waals surface area contributed by atoms with Gasteiger partial charge in [0.15, 0.2) is 0 Å². The molecule has 0 aliphatic heterocycles. The molecule has 9 nitrogen and oxygen atoms in total. The molecule has 60 heavy (non-hydrogen) atoms. The number of allylic oxidation sites excluding steroid dienone is 5. The zero-order valence-corrected chi connectivity index (χ0v) is 37.6. The van der Waals surface area contributed by atoms with Gasteiger partial charge >= 0.3 is 0 Å². The number of benzene rings is 4. The predicted octanol–water partition coefficient (Wildman–Crippen LogP) is 13.2. The number of carbonyl (C=O) groups excluding carboxylic acids is 1. The van der Waals surface area contributed by atoms with Crippen molar-refractivity contribution in [1.29, 1.82) is 0 Å². The lowest BCUT2D eigenvalue weighted by molar-refractivity contribution is -0.111. The molecule has 0 aliphatic rings. The van der Waals surface area contributed by atoms with Crippen LogP contribution in [-0.4, -0.2) is 45.4 Å². The Morgan fingerprint density at radius 2 is 1.58 bits per heavy atom. The van der Waals surface area contributed by atoms with E-state index in [0.29, 0.717) is 28.2 Å². The van der Waals surface area contributed by atoms with E-state index in [4.69, 9.17) is 33.9 Å². The van der Waals surface area contributed by atoms with Crippen LogP contribution >= 0.6 is 47.1 Å². The summed E-state index contributed by atoms with van der Waals surface area (Å²) in [6.07, 6.45) is 15.8. The van der Waals surface area contributed by atoms with Crippen molar-refractivity contribution in [3.8, 4) is 11.3 Å². The van der Waals surface area contributed by atoms with Gasteiger partial charge in [-0.3, -0.25) is 8.77 Å². The van der Waals surface area contributed by atoms with Crippen LogP contribution in [0.2, 0.25) is 5.02 Å². The fourth-order valence-electron chi connectivity index (χ4n) is 4.83. The van der Waals surface area contributed by atoms with Gasteiger partial charge in [0.25, 0.3) is 0 Å². The molecule has 0 spiro atoms. The number of fused-ring (bicyclic) bond motifs is 1. The quantitative estimate of drug-likeness (QED) is 0.0390. The molecule has 5 N–H and O–H groups in total. The Balaban J connectivity index is 0.000000648. The molecule has 312 valence electrons. The van der Waals surface area contributed by atoms with Crippen molar-refractivity contribution in [2.24, 2.45) is 5.73 Å². The number of amides is 1. The van der Waals surface area contributed by atoms with Gasteiger partial charge in [-0.05, 0) is 119 Å². The van der Waals surface area contributed by atoms with E-state index in [1.807, 2.05) is 130 Å². The molecule has 0 bridgehead atoms. The first-order valence-corrected chi connectivity index (χ1v) is 21.1. The molecule has 0 atom stereocenters. The molecule has 2 heterocycles. The SMILES string of the molecule is C/C(Cl)=C\N.C=C/C=C\C.C=CC.CN(C)C/C=C/C(=O)Nc1ccc(SNc2cccc(Nc3ncc(Cl)c(-c4cn(Sc5ccccc5)c5ccccc45)n3)c2)cc1. The first kappa shape index (κ1) is 48.7. The summed E-state index contributed by atoms with van der Waals surface area (Å²) in [7, 11) is 3.91. The van der Waals surface area contributed by atoms with Crippen LogP contribution < -0.4 is 21.1 Å². The molecule has 6 aromatic rings. The lowest BCUT2D eigenvalue weighted by Gasteiger charge is -2.11.